The van der Waals surface area contributed by atoms with E-state index in [9.17, 15) is 0 Å². The Morgan fingerprint density at radius 3 is 1.82 bits per heavy atom. The SMILES string of the molecule is C/C=C(\C)c1ccc(-c2ccc(/C(C)=C/N=C(\C)[C@@H](C)CCCC)cc2)cc1. The average Bonchev–Trinajstić information content (AvgIpc) is 2.75. The second kappa shape index (κ2) is 10.8. The van der Waals surface area contributed by atoms with E-state index < -0.39 is 0 Å². The Labute approximate surface area is 171 Å². The molecule has 1 nitrogen and oxygen atoms in total. The molecule has 2 aromatic rings. The fourth-order valence-corrected chi connectivity index (χ4v) is 3.14. The van der Waals surface area contributed by atoms with E-state index in [0.717, 1.165) is 0 Å². The third-order valence-corrected chi connectivity index (χ3v) is 5.61. The zero-order valence-electron chi connectivity index (χ0n) is 18.4. The number of nitrogens with zero attached hydrogens (tertiary/aromatic N) is 1. The smallest absolute Gasteiger partial charge is 0.0302 e. The summed E-state index contributed by atoms with van der Waals surface area (Å²) in [6.45, 7) is 13.0. The summed E-state index contributed by atoms with van der Waals surface area (Å²) < 4.78 is 0. The van der Waals surface area contributed by atoms with Crippen LogP contribution in [0.2, 0.25) is 0 Å². The number of hydrogen-bond donors (Lipinski definition) is 0. The minimum absolute atomic E-state index is 0.556. The van der Waals surface area contributed by atoms with Crippen molar-refractivity contribution in [2.45, 2.75) is 60.8 Å². The Morgan fingerprint density at radius 2 is 1.36 bits per heavy atom. The molecule has 0 aliphatic rings. The van der Waals surface area contributed by atoms with Crippen molar-refractivity contribution < 1.29 is 0 Å². The molecule has 28 heavy (non-hydrogen) atoms. The molecule has 0 heterocycles. The predicted molar refractivity (Wildman–Crippen MR) is 127 cm³/mol. The van der Waals surface area contributed by atoms with Gasteiger partial charge in [-0.1, -0.05) is 81.3 Å². The van der Waals surface area contributed by atoms with Crippen LogP contribution in [0.25, 0.3) is 22.3 Å². The number of unbranched alkanes of at least 4 members (excludes halogenated alkanes) is 1. The third-order valence-electron chi connectivity index (χ3n) is 5.61. The average molecular weight is 374 g/mol. The first kappa shape index (κ1) is 21.9. The van der Waals surface area contributed by atoms with E-state index in [1.54, 1.807) is 0 Å². The van der Waals surface area contributed by atoms with Gasteiger partial charge in [-0.05, 0) is 73.4 Å². The first-order valence-electron chi connectivity index (χ1n) is 10.5. The molecule has 0 saturated carbocycles. The van der Waals surface area contributed by atoms with E-state index in [1.165, 1.54) is 58.4 Å². The topological polar surface area (TPSA) is 12.4 Å². The van der Waals surface area contributed by atoms with Crippen molar-refractivity contribution >= 4 is 16.9 Å². The van der Waals surface area contributed by atoms with Crippen molar-refractivity contribution in [3.63, 3.8) is 0 Å². The van der Waals surface area contributed by atoms with E-state index in [-0.39, 0.29) is 0 Å². The highest BCUT2D eigenvalue weighted by atomic mass is 14.7. The summed E-state index contributed by atoms with van der Waals surface area (Å²) in [4.78, 5) is 4.72. The zero-order chi connectivity index (χ0) is 20.5. The number of rotatable bonds is 8. The van der Waals surface area contributed by atoms with E-state index in [4.69, 9.17) is 4.99 Å². The molecule has 148 valence electrons. The number of allylic oxidation sites excluding steroid dienone is 3. The summed E-state index contributed by atoms with van der Waals surface area (Å²) in [7, 11) is 0. The molecular weight excluding hydrogens is 338 g/mol. The molecule has 2 rings (SSSR count). The van der Waals surface area contributed by atoms with Gasteiger partial charge in [0.1, 0.15) is 0 Å². The highest BCUT2D eigenvalue weighted by Crippen LogP contribution is 2.24. The summed E-state index contributed by atoms with van der Waals surface area (Å²) in [5.41, 5.74) is 8.73. The van der Waals surface area contributed by atoms with Crippen molar-refractivity contribution in [3.05, 3.63) is 71.9 Å². The molecule has 0 bridgehead atoms. The molecule has 2 aromatic carbocycles. The standard InChI is InChI=1S/C27H35N/c1-7-9-10-21(4)23(6)28-19-22(5)25-13-17-27(18-14-25)26-15-11-24(12-16-26)20(3)8-2/h8,11-19,21H,7,9-10H2,1-6H3/b20-8+,22-19+,28-23+/t21-/m0/s1. The van der Waals surface area contributed by atoms with Gasteiger partial charge in [-0.3, -0.25) is 4.99 Å². The summed E-state index contributed by atoms with van der Waals surface area (Å²) in [6.07, 6.45) is 7.90. The van der Waals surface area contributed by atoms with Crippen molar-refractivity contribution in [2.75, 3.05) is 0 Å². The third kappa shape index (κ3) is 6.05. The van der Waals surface area contributed by atoms with Crippen LogP contribution in [0.1, 0.15) is 71.9 Å². The molecule has 0 N–H and O–H groups in total. The number of benzene rings is 2. The van der Waals surface area contributed by atoms with Gasteiger partial charge in [0.2, 0.25) is 0 Å². The fourth-order valence-electron chi connectivity index (χ4n) is 3.14. The molecule has 0 radical (unpaired) electrons. The van der Waals surface area contributed by atoms with E-state index in [0.29, 0.717) is 5.92 Å². The lowest BCUT2D eigenvalue weighted by molar-refractivity contribution is 0.622. The lowest BCUT2D eigenvalue weighted by atomic mass is 9.98. The highest BCUT2D eigenvalue weighted by Gasteiger charge is 2.05. The maximum Gasteiger partial charge on any atom is 0.0302 e. The van der Waals surface area contributed by atoms with Gasteiger partial charge < -0.3 is 0 Å². The Bertz CT molecular complexity index is 833. The van der Waals surface area contributed by atoms with Crippen LogP contribution in [0.4, 0.5) is 0 Å². The van der Waals surface area contributed by atoms with Crippen molar-refractivity contribution in [1.29, 1.82) is 0 Å². The van der Waals surface area contributed by atoms with Crippen molar-refractivity contribution in [3.8, 4) is 11.1 Å². The van der Waals surface area contributed by atoms with Gasteiger partial charge in [0.05, 0.1) is 0 Å². The maximum absolute atomic E-state index is 4.72. The molecule has 0 amide bonds. The summed E-state index contributed by atoms with van der Waals surface area (Å²) in [6, 6.07) is 17.6. The highest BCUT2D eigenvalue weighted by molar-refractivity contribution is 5.85. The van der Waals surface area contributed by atoms with E-state index in [1.807, 2.05) is 6.20 Å². The molecule has 0 unspecified atom stereocenters. The summed E-state index contributed by atoms with van der Waals surface area (Å²) in [5.74, 6) is 0.556. The van der Waals surface area contributed by atoms with Crippen LogP contribution in [0, 0.1) is 5.92 Å². The summed E-state index contributed by atoms with van der Waals surface area (Å²) in [5, 5.41) is 0. The quantitative estimate of drug-likeness (QED) is 0.412. The maximum atomic E-state index is 4.72. The summed E-state index contributed by atoms with van der Waals surface area (Å²) >= 11 is 0. The molecule has 1 heteroatoms. The molecule has 0 saturated heterocycles. The van der Waals surface area contributed by atoms with Crippen LogP contribution in [0.3, 0.4) is 0 Å². The molecule has 0 aromatic heterocycles. The molecule has 1 atom stereocenters. The van der Waals surface area contributed by atoms with Crippen LogP contribution in [-0.4, -0.2) is 5.71 Å². The number of hydrogen-bond acceptors (Lipinski definition) is 1. The second-order valence-corrected chi connectivity index (χ2v) is 7.75. The Hall–Kier alpha value is -2.41. The van der Waals surface area contributed by atoms with Crippen LogP contribution >= 0.6 is 0 Å². The van der Waals surface area contributed by atoms with Gasteiger partial charge in [-0.15, -0.1) is 0 Å². The first-order chi connectivity index (χ1) is 13.5. The molecule has 0 spiro atoms. The Morgan fingerprint density at radius 1 is 0.857 bits per heavy atom. The van der Waals surface area contributed by atoms with Crippen LogP contribution in [-0.2, 0) is 0 Å². The van der Waals surface area contributed by atoms with Gasteiger partial charge >= 0.3 is 0 Å². The van der Waals surface area contributed by atoms with Crippen LogP contribution < -0.4 is 0 Å². The molecule has 0 aliphatic heterocycles. The number of aliphatic imine (C=N–C) groups is 1. The normalized spacial score (nSPS) is 14.3. The van der Waals surface area contributed by atoms with Crippen LogP contribution in [0.15, 0.2) is 65.8 Å². The Kier molecular flexibility index (Phi) is 8.44. The second-order valence-electron chi connectivity index (χ2n) is 7.75. The minimum atomic E-state index is 0.556. The van der Waals surface area contributed by atoms with Crippen molar-refractivity contribution in [2.24, 2.45) is 10.9 Å². The minimum Gasteiger partial charge on any atom is -0.265 e. The predicted octanol–water partition coefficient (Wildman–Crippen LogP) is 8.42. The molecular formula is C27H35N. The van der Waals surface area contributed by atoms with Gasteiger partial charge in [0.15, 0.2) is 0 Å². The fraction of sp³-hybridized carbons (Fsp3) is 0.370. The lowest BCUT2D eigenvalue weighted by Gasteiger charge is -2.10. The van der Waals surface area contributed by atoms with Crippen molar-refractivity contribution in [1.82, 2.24) is 0 Å². The Balaban J connectivity index is 2.11. The molecule has 0 fully saturated rings. The first-order valence-corrected chi connectivity index (χ1v) is 10.5. The largest absolute Gasteiger partial charge is 0.265 e. The van der Waals surface area contributed by atoms with E-state index >= 15 is 0 Å². The lowest BCUT2D eigenvalue weighted by Crippen LogP contribution is -2.06. The van der Waals surface area contributed by atoms with E-state index in [2.05, 4.69) is 96.1 Å². The van der Waals surface area contributed by atoms with Gasteiger partial charge in [-0.2, -0.15) is 0 Å². The van der Waals surface area contributed by atoms with Crippen LogP contribution in [0.5, 0.6) is 0 Å². The van der Waals surface area contributed by atoms with Gasteiger partial charge in [0.25, 0.3) is 0 Å². The zero-order valence-corrected chi connectivity index (χ0v) is 18.4. The van der Waals surface area contributed by atoms with Gasteiger partial charge in [-0.25, -0.2) is 0 Å². The van der Waals surface area contributed by atoms with Gasteiger partial charge in [0, 0.05) is 11.9 Å². The monoisotopic (exact) mass is 373 g/mol. The molecule has 0 aliphatic carbocycles.